The van der Waals surface area contributed by atoms with E-state index < -0.39 is 5.91 Å². The zero-order valence-corrected chi connectivity index (χ0v) is 7.60. The standard InChI is InChI=1S/C9H10N2O3/c1-14-10-6-9(13)11-7-4-2-3-5-8(7)12/h2-6,12H,1H3,(H,11,13)/b10-6+. The van der Waals surface area contributed by atoms with Gasteiger partial charge in [0.25, 0.3) is 5.91 Å². The van der Waals surface area contributed by atoms with E-state index in [1.165, 1.54) is 13.2 Å². The Morgan fingerprint density at radius 3 is 2.93 bits per heavy atom. The second-order valence-electron chi connectivity index (χ2n) is 2.42. The minimum absolute atomic E-state index is 0.00617. The molecular formula is C9H10N2O3. The van der Waals surface area contributed by atoms with E-state index in [4.69, 9.17) is 0 Å². The lowest BCUT2D eigenvalue weighted by Gasteiger charge is -2.02. The number of carbonyl (C=O) groups is 1. The minimum atomic E-state index is -0.464. The lowest BCUT2D eigenvalue weighted by atomic mass is 10.3. The number of para-hydroxylation sites is 2. The van der Waals surface area contributed by atoms with Gasteiger partial charge in [0.15, 0.2) is 0 Å². The van der Waals surface area contributed by atoms with Gasteiger partial charge in [-0.25, -0.2) is 0 Å². The van der Waals surface area contributed by atoms with Gasteiger partial charge in [-0.2, -0.15) is 0 Å². The summed E-state index contributed by atoms with van der Waals surface area (Å²) in [5.41, 5.74) is 0.333. The molecule has 2 N–H and O–H groups in total. The summed E-state index contributed by atoms with van der Waals surface area (Å²) in [6.45, 7) is 0. The number of nitrogens with one attached hydrogen (secondary N) is 1. The third-order valence-corrected chi connectivity index (χ3v) is 1.44. The van der Waals surface area contributed by atoms with Crippen LogP contribution in [0.2, 0.25) is 0 Å². The number of hydrogen-bond acceptors (Lipinski definition) is 4. The number of nitrogens with zero attached hydrogens (tertiary/aromatic N) is 1. The van der Waals surface area contributed by atoms with Gasteiger partial charge in [0.1, 0.15) is 19.1 Å². The van der Waals surface area contributed by atoms with E-state index in [1.807, 2.05) is 0 Å². The van der Waals surface area contributed by atoms with Crippen LogP contribution in [0.3, 0.4) is 0 Å². The number of phenolic OH excluding ortho intramolecular Hbond substituents is 1. The topological polar surface area (TPSA) is 70.9 Å². The van der Waals surface area contributed by atoms with Gasteiger partial charge in [-0.3, -0.25) is 4.79 Å². The molecule has 0 unspecified atom stereocenters. The van der Waals surface area contributed by atoms with Crippen LogP contribution in [0.25, 0.3) is 0 Å². The molecule has 1 aromatic rings. The highest BCUT2D eigenvalue weighted by Gasteiger charge is 2.02. The van der Waals surface area contributed by atoms with Crippen LogP contribution >= 0.6 is 0 Å². The quantitative estimate of drug-likeness (QED) is 0.427. The third kappa shape index (κ3) is 2.78. The molecule has 0 spiro atoms. The Bertz CT molecular complexity index is 350. The van der Waals surface area contributed by atoms with Gasteiger partial charge in [-0.05, 0) is 12.1 Å². The Kier molecular flexibility index (Phi) is 3.49. The van der Waals surface area contributed by atoms with Crippen LogP contribution < -0.4 is 5.32 Å². The normalized spacial score (nSPS) is 10.1. The van der Waals surface area contributed by atoms with E-state index in [0.29, 0.717) is 5.69 Å². The molecule has 14 heavy (non-hydrogen) atoms. The molecule has 5 heteroatoms. The van der Waals surface area contributed by atoms with Gasteiger partial charge >= 0.3 is 0 Å². The highest BCUT2D eigenvalue weighted by atomic mass is 16.6. The number of rotatable bonds is 3. The molecule has 1 rings (SSSR count). The van der Waals surface area contributed by atoms with Crippen molar-refractivity contribution < 1.29 is 14.7 Å². The molecule has 0 atom stereocenters. The Morgan fingerprint density at radius 1 is 1.57 bits per heavy atom. The predicted molar refractivity (Wildman–Crippen MR) is 52.2 cm³/mol. The maximum Gasteiger partial charge on any atom is 0.270 e. The SMILES string of the molecule is CO/N=C/C(=O)Nc1ccccc1O. The van der Waals surface area contributed by atoms with Crippen molar-refractivity contribution in [3.8, 4) is 5.75 Å². The average molecular weight is 194 g/mol. The first kappa shape index (κ1) is 10.0. The molecule has 1 aromatic carbocycles. The molecule has 0 aromatic heterocycles. The van der Waals surface area contributed by atoms with E-state index in [1.54, 1.807) is 18.2 Å². The largest absolute Gasteiger partial charge is 0.506 e. The molecule has 0 bridgehead atoms. The van der Waals surface area contributed by atoms with Crippen molar-refractivity contribution in [3.05, 3.63) is 24.3 Å². The molecule has 0 aliphatic heterocycles. The van der Waals surface area contributed by atoms with E-state index >= 15 is 0 Å². The number of carbonyl (C=O) groups excluding carboxylic acids is 1. The molecule has 0 radical (unpaired) electrons. The zero-order valence-electron chi connectivity index (χ0n) is 7.60. The number of aromatic hydroxyl groups is 1. The predicted octanol–water partition coefficient (Wildman–Crippen LogP) is 0.963. The first-order valence-electron chi connectivity index (χ1n) is 3.89. The van der Waals surface area contributed by atoms with E-state index in [0.717, 1.165) is 6.21 Å². The molecule has 5 nitrogen and oxygen atoms in total. The fourth-order valence-electron chi connectivity index (χ4n) is 0.845. The van der Waals surface area contributed by atoms with Crippen LogP contribution in [-0.2, 0) is 9.63 Å². The van der Waals surface area contributed by atoms with E-state index in [-0.39, 0.29) is 5.75 Å². The van der Waals surface area contributed by atoms with Crippen molar-refractivity contribution in [1.29, 1.82) is 0 Å². The molecule has 0 aliphatic carbocycles. The van der Waals surface area contributed by atoms with Crippen LogP contribution in [0.1, 0.15) is 0 Å². The van der Waals surface area contributed by atoms with Crippen molar-refractivity contribution in [2.24, 2.45) is 5.16 Å². The van der Waals surface area contributed by atoms with Gasteiger partial charge < -0.3 is 15.3 Å². The number of hydrogen-bond donors (Lipinski definition) is 2. The monoisotopic (exact) mass is 194 g/mol. The second-order valence-corrected chi connectivity index (χ2v) is 2.42. The number of phenols is 1. The summed E-state index contributed by atoms with van der Waals surface area (Å²) in [7, 11) is 1.34. The number of anilines is 1. The minimum Gasteiger partial charge on any atom is -0.506 e. The van der Waals surface area contributed by atoms with Crippen LogP contribution in [0.15, 0.2) is 29.4 Å². The Balaban J connectivity index is 2.65. The summed E-state index contributed by atoms with van der Waals surface area (Å²) in [4.78, 5) is 15.4. The summed E-state index contributed by atoms with van der Waals surface area (Å²) in [5, 5.41) is 15.0. The highest BCUT2D eigenvalue weighted by molar-refractivity contribution is 6.31. The van der Waals surface area contributed by atoms with E-state index in [9.17, 15) is 9.90 Å². The van der Waals surface area contributed by atoms with Crippen LogP contribution in [0.4, 0.5) is 5.69 Å². The lowest BCUT2D eigenvalue weighted by Crippen LogP contribution is -2.12. The highest BCUT2D eigenvalue weighted by Crippen LogP contribution is 2.20. The van der Waals surface area contributed by atoms with Crippen molar-refractivity contribution in [1.82, 2.24) is 0 Å². The van der Waals surface area contributed by atoms with Crippen molar-refractivity contribution >= 4 is 17.8 Å². The number of benzene rings is 1. The number of oxime groups is 1. The van der Waals surface area contributed by atoms with Crippen LogP contribution in [0, 0.1) is 0 Å². The Morgan fingerprint density at radius 2 is 2.29 bits per heavy atom. The molecule has 1 amide bonds. The van der Waals surface area contributed by atoms with Crippen LogP contribution in [-0.4, -0.2) is 24.3 Å². The van der Waals surface area contributed by atoms with Gasteiger partial charge in [-0.1, -0.05) is 17.3 Å². The summed E-state index contributed by atoms with van der Waals surface area (Å²) < 4.78 is 0. The molecule has 0 saturated carbocycles. The average Bonchev–Trinajstić information content (AvgIpc) is 2.18. The first-order chi connectivity index (χ1) is 6.74. The summed E-state index contributed by atoms with van der Waals surface area (Å²) in [6.07, 6.45) is 0.979. The first-order valence-corrected chi connectivity index (χ1v) is 3.89. The van der Waals surface area contributed by atoms with Crippen molar-refractivity contribution in [2.75, 3.05) is 12.4 Å². The summed E-state index contributed by atoms with van der Waals surface area (Å²) in [5.74, 6) is -0.458. The molecule has 0 fully saturated rings. The van der Waals surface area contributed by atoms with Crippen molar-refractivity contribution in [3.63, 3.8) is 0 Å². The van der Waals surface area contributed by atoms with Gasteiger partial charge in [0.2, 0.25) is 0 Å². The molecular weight excluding hydrogens is 184 g/mol. The third-order valence-electron chi connectivity index (χ3n) is 1.44. The molecule has 0 heterocycles. The number of amides is 1. The fourth-order valence-corrected chi connectivity index (χ4v) is 0.845. The maximum atomic E-state index is 11.1. The molecule has 0 aliphatic rings. The van der Waals surface area contributed by atoms with Gasteiger partial charge in [-0.15, -0.1) is 0 Å². The summed E-state index contributed by atoms with van der Waals surface area (Å²) in [6, 6.07) is 6.41. The maximum absolute atomic E-state index is 11.1. The van der Waals surface area contributed by atoms with E-state index in [2.05, 4.69) is 15.3 Å². The summed E-state index contributed by atoms with van der Waals surface area (Å²) >= 11 is 0. The second kappa shape index (κ2) is 4.86. The van der Waals surface area contributed by atoms with Gasteiger partial charge in [0.05, 0.1) is 5.69 Å². The fraction of sp³-hybridized carbons (Fsp3) is 0.111. The Labute approximate surface area is 81.0 Å². The zero-order chi connectivity index (χ0) is 10.4. The molecule has 74 valence electrons. The van der Waals surface area contributed by atoms with Crippen molar-refractivity contribution in [2.45, 2.75) is 0 Å². The lowest BCUT2D eigenvalue weighted by molar-refractivity contribution is -0.110. The smallest absolute Gasteiger partial charge is 0.270 e. The molecule has 0 saturated heterocycles. The Hall–Kier alpha value is -2.04. The van der Waals surface area contributed by atoms with Gasteiger partial charge in [0, 0.05) is 0 Å². The van der Waals surface area contributed by atoms with Crippen LogP contribution in [0.5, 0.6) is 5.75 Å².